The minimum atomic E-state index is 0.155. The van der Waals surface area contributed by atoms with E-state index in [2.05, 4.69) is 10.1 Å². The molecule has 0 bridgehead atoms. The van der Waals surface area contributed by atoms with Crippen LogP contribution in [0.3, 0.4) is 0 Å². The van der Waals surface area contributed by atoms with Crippen LogP contribution < -0.4 is 0 Å². The van der Waals surface area contributed by atoms with Crippen LogP contribution in [0.5, 0.6) is 0 Å². The molecule has 1 aliphatic carbocycles. The Labute approximate surface area is 138 Å². The first kappa shape index (κ1) is 15.4. The molecule has 0 atom stereocenters. The fourth-order valence-electron chi connectivity index (χ4n) is 2.05. The van der Waals surface area contributed by atoms with Gasteiger partial charge in [0.2, 0.25) is 17.6 Å². The van der Waals surface area contributed by atoms with Crippen LogP contribution in [-0.4, -0.2) is 39.8 Å². The Balaban J connectivity index is 1.52. The van der Waals surface area contributed by atoms with E-state index in [0.29, 0.717) is 34.3 Å². The second-order valence-corrected chi connectivity index (χ2v) is 6.67. The summed E-state index contributed by atoms with van der Waals surface area (Å²) in [6.45, 7) is 0. The van der Waals surface area contributed by atoms with Gasteiger partial charge in [-0.05, 0) is 25.0 Å². The van der Waals surface area contributed by atoms with E-state index >= 15 is 0 Å². The van der Waals surface area contributed by atoms with Gasteiger partial charge >= 0.3 is 0 Å². The van der Waals surface area contributed by atoms with Gasteiger partial charge in [0.05, 0.1) is 11.5 Å². The number of hydrogen-bond acceptors (Lipinski definition) is 5. The van der Waals surface area contributed by atoms with Crippen LogP contribution in [-0.2, 0) is 10.5 Å². The van der Waals surface area contributed by atoms with Gasteiger partial charge in [-0.25, -0.2) is 0 Å². The smallest absolute Gasteiger partial charge is 0.236 e. The lowest BCUT2D eigenvalue weighted by Crippen LogP contribution is -2.30. The van der Waals surface area contributed by atoms with Gasteiger partial charge in [0.25, 0.3) is 0 Å². The molecule has 0 spiro atoms. The molecule has 1 fully saturated rings. The topological polar surface area (TPSA) is 59.2 Å². The van der Waals surface area contributed by atoms with Crippen molar-refractivity contribution in [2.75, 3.05) is 12.8 Å². The van der Waals surface area contributed by atoms with Crippen molar-refractivity contribution >= 4 is 29.3 Å². The molecule has 7 heteroatoms. The molecule has 5 nitrogen and oxygen atoms in total. The van der Waals surface area contributed by atoms with Crippen LogP contribution in [0.4, 0.5) is 0 Å². The van der Waals surface area contributed by atoms with E-state index < -0.39 is 0 Å². The monoisotopic (exact) mass is 337 g/mol. The Morgan fingerprint density at radius 3 is 3.05 bits per heavy atom. The SMILES string of the molecule is CN(C(=O)CSCc1nc(-c2cccc(Cl)c2)no1)C1CC1. The number of thioether (sulfide) groups is 1. The molecular weight excluding hydrogens is 322 g/mol. The van der Waals surface area contributed by atoms with E-state index in [0.717, 1.165) is 18.4 Å². The summed E-state index contributed by atoms with van der Waals surface area (Å²) in [7, 11) is 1.87. The zero-order valence-electron chi connectivity index (χ0n) is 12.2. The fraction of sp³-hybridized carbons (Fsp3) is 0.400. The molecule has 1 aromatic carbocycles. The average Bonchev–Trinajstić information content (AvgIpc) is 3.25. The minimum absolute atomic E-state index is 0.155. The van der Waals surface area contributed by atoms with Crippen molar-refractivity contribution in [3.8, 4) is 11.4 Å². The molecule has 1 aromatic heterocycles. The second-order valence-electron chi connectivity index (χ2n) is 5.25. The molecule has 0 saturated heterocycles. The zero-order valence-corrected chi connectivity index (χ0v) is 13.7. The number of benzene rings is 1. The first-order valence-electron chi connectivity index (χ1n) is 7.05. The third kappa shape index (κ3) is 3.81. The van der Waals surface area contributed by atoms with Crippen LogP contribution in [0.25, 0.3) is 11.4 Å². The minimum Gasteiger partial charge on any atom is -0.342 e. The molecule has 0 N–H and O–H groups in total. The molecular formula is C15H16ClN3O2S. The van der Waals surface area contributed by atoms with Crippen LogP contribution in [0.15, 0.2) is 28.8 Å². The lowest BCUT2D eigenvalue weighted by Gasteiger charge is -2.15. The largest absolute Gasteiger partial charge is 0.342 e. The van der Waals surface area contributed by atoms with Gasteiger partial charge in [-0.1, -0.05) is 28.9 Å². The highest BCUT2D eigenvalue weighted by Crippen LogP contribution is 2.26. The maximum absolute atomic E-state index is 11.9. The maximum Gasteiger partial charge on any atom is 0.236 e. The Morgan fingerprint density at radius 2 is 2.32 bits per heavy atom. The Hall–Kier alpha value is -1.53. The van der Waals surface area contributed by atoms with Gasteiger partial charge in [0, 0.05) is 23.7 Å². The number of aromatic nitrogens is 2. The van der Waals surface area contributed by atoms with E-state index in [-0.39, 0.29) is 5.91 Å². The first-order chi connectivity index (χ1) is 10.6. The van der Waals surface area contributed by atoms with Gasteiger partial charge in [-0.3, -0.25) is 4.79 Å². The number of nitrogens with zero attached hydrogens (tertiary/aromatic N) is 3. The highest BCUT2D eigenvalue weighted by Gasteiger charge is 2.29. The van der Waals surface area contributed by atoms with Crippen molar-refractivity contribution in [3.63, 3.8) is 0 Å². The average molecular weight is 338 g/mol. The quantitative estimate of drug-likeness (QED) is 0.809. The molecule has 22 heavy (non-hydrogen) atoms. The normalized spacial score (nSPS) is 14.1. The van der Waals surface area contributed by atoms with Crippen molar-refractivity contribution in [2.24, 2.45) is 0 Å². The van der Waals surface area contributed by atoms with Gasteiger partial charge < -0.3 is 9.42 Å². The summed E-state index contributed by atoms with van der Waals surface area (Å²) >= 11 is 7.43. The van der Waals surface area contributed by atoms with Crippen LogP contribution in [0, 0.1) is 0 Å². The van der Waals surface area contributed by atoms with E-state index in [1.165, 1.54) is 11.8 Å². The van der Waals surface area contributed by atoms with Crippen molar-refractivity contribution < 1.29 is 9.32 Å². The third-order valence-corrected chi connectivity index (χ3v) is 4.63. The summed E-state index contributed by atoms with van der Waals surface area (Å²) in [6.07, 6.45) is 2.25. The lowest BCUT2D eigenvalue weighted by molar-refractivity contribution is -0.127. The third-order valence-electron chi connectivity index (χ3n) is 3.49. The molecule has 1 heterocycles. The number of rotatable bonds is 6. The number of halogens is 1. The molecule has 1 amide bonds. The van der Waals surface area contributed by atoms with Crippen LogP contribution >= 0.6 is 23.4 Å². The second kappa shape index (κ2) is 6.71. The summed E-state index contributed by atoms with van der Waals surface area (Å²) in [5.74, 6) is 2.14. The Morgan fingerprint density at radius 1 is 1.50 bits per heavy atom. The van der Waals surface area contributed by atoms with Gasteiger partial charge in [-0.15, -0.1) is 11.8 Å². The van der Waals surface area contributed by atoms with Crippen LogP contribution in [0.1, 0.15) is 18.7 Å². The number of hydrogen-bond donors (Lipinski definition) is 0. The van der Waals surface area contributed by atoms with E-state index in [4.69, 9.17) is 16.1 Å². The van der Waals surface area contributed by atoms with Gasteiger partial charge in [0.15, 0.2) is 0 Å². The molecule has 1 aliphatic rings. The van der Waals surface area contributed by atoms with Crippen molar-refractivity contribution in [1.82, 2.24) is 15.0 Å². The summed E-state index contributed by atoms with van der Waals surface area (Å²) < 4.78 is 5.21. The summed E-state index contributed by atoms with van der Waals surface area (Å²) in [5, 5.41) is 4.58. The van der Waals surface area contributed by atoms with Crippen molar-refractivity contribution in [3.05, 3.63) is 35.2 Å². The van der Waals surface area contributed by atoms with E-state index in [1.807, 2.05) is 24.1 Å². The molecule has 2 aromatic rings. The zero-order chi connectivity index (χ0) is 15.5. The standard InChI is InChI=1S/C15H16ClN3O2S/c1-19(12-5-6-12)14(20)9-22-8-13-17-15(18-21-13)10-3-2-4-11(16)7-10/h2-4,7,12H,5-6,8-9H2,1H3. The predicted molar refractivity (Wildman–Crippen MR) is 86.7 cm³/mol. The molecule has 116 valence electrons. The molecule has 0 aliphatic heterocycles. The highest BCUT2D eigenvalue weighted by molar-refractivity contribution is 7.99. The first-order valence-corrected chi connectivity index (χ1v) is 8.58. The van der Waals surface area contributed by atoms with Gasteiger partial charge in [-0.2, -0.15) is 4.98 Å². The van der Waals surface area contributed by atoms with Gasteiger partial charge in [0.1, 0.15) is 0 Å². The Kier molecular flexibility index (Phi) is 4.69. The predicted octanol–water partition coefficient (Wildman–Crippen LogP) is 3.24. The number of amides is 1. The summed E-state index contributed by atoms with van der Waals surface area (Å²) in [4.78, 5) is 18.1. The van der Waals surface area contributed by atoms with E-state index in [9.17, 15) is 4.79 Å². The summed E-state index contributed by atoms with van der Waals surface area (Å²) in [6, 6.07) is 7.75. The highest BCUT2D eigenvalue weighted by atomic mass is 35.5. The van der Waals surface area contributed by atoms with E-state index in [1.54, 1.807) is 12.1 Å². The Bertz CT molecular complexity index is 672. The fourth-order valence-corrected chi connectivity index (χ4v) is 3.01. The summed E-state index contributed by atoms with van der Waals surface area (Å²) in [5.41, 5.74) is 0.817. The lowest BCUT2D eigenvalue weighted by atomic mass is 10.2. The molecule has 1 saturated carbocycles. The van der Waals surface area contributed by atoms with Crippen molar-refractivity contribution in [1.29, 1.82) is 0 Å². The number of carbonyl (C=O) groups excluding carboxylic acids is 1. The molecule has 0 unspecified atom stereocenters. The molecule has 0 radical (unpaired) electrons. The number of carbonyl (C=O) groups is 1. The van der Waals surface area contributed by atoms with Crippen LogP contribution in [0.2, 0.25) is 5.02 Å². The van der Waals surface area contributed by atoms with Crippen molar-refractivity contribution in [2.45, 2.75) is 24.6 Å². The molecule has 3 rings (SSSR count). The maximum atomic E-state index is 11.9.